The van der Waals surface area contributed by atoms with Crippen molar-refractivity contribution in [2.24, 2.45) is 17.8 Å². The third-order valence-electron chi connectivity index (χ3n) is 14.3. The zero-order valence-corrected chi connectivity index (χ0v) is 54.3. The molecule has 24 heteroatoms. The highest BCUT2D eigenvalue weighted by atomic mass is 28.3. The number of hydrogen-bond donors (Lipinski definition) is 5. The van der Waals surface area contributed by atoms with Crippen molar-refractivity contribution < 1.29 is 76.3 Å². The van der Waals surface area contributed by atoms with Gasteiger partial charge in [-0.1, -0.05) is 85.0 Å². The number of allylic oxidation sites excluding steroid dienone is 2. The Bertz CT molecular complexity index is 2360. The van der Waals surface area contributed by atoms with Crippen molar-refractivity contribution in [3.8, 4) is 5.75 Å². The van der Waals surface area contributed by atoms with Gasteiger partial charge < -0.3 is 69.5 Å². The third kappa shape index (κ3) is 29.5. The number of likely N-dealkylation sites (N-methyl/N-ethyl adjacent to an activating group) is 2. The molecular weight excluding hydrogens is 1110 g/mol. The van der Waals surface area contributed by atoms with E-state index in [1.54, 1.807) is 32.1 Å². The molecule has 7 amide bonds. The van der Waals surface area contributed by atoms with Crippen LogP contribution in [-0.2, 0) is 68.4 Å². The average molecular weight is 1220 g/mol. The van der Waals surface area contributed by atoms with Gasteiger partial charge in [0.15, 0.2) is 6.10 Å². The molecule has 23 nitrogen and oxygen atoms in total. The fourth-order valence-electron chi connectivity index (χ4n) is 8.59. The summed E-state index contributed by atoms with van der Waals surface area (Å²) in [5, 5.41) is 13.5. The van der Waals surface area contributed by atoms with E-state index in [4.69, 9.17) is 33.2 Å². The van der Waals surface area contributed by atoms with Crippen molar-refractivity contribution in [1.82, 2.24) is 36.4 Å². The van der Waals surface area contributed by atoms with E-state index in [1.807, 2.05) is 47.6 Å². The van der Waals surface area contributed by atoms with Gasteiger partial charge in [0, 0.05) is 60.5 Å². The van der Waals surface area contributed by atoms with E-state index >= 15 is 0 Å². The zero-order chi connectivity index (χ0) is 63.8. The van der Waals surface area contributed by atoms with Crippen molar-refractivity contribution in [3.05, 3.63) is 53.1 Å². The van der Waals surface area contributed by atoms with Crippen LogP contribution in [0.4, 0.5) is 9.59 Å². The number of nitrogens with one attached hydrogen (secondary N) is 5. The predicted molar refractivity (Wildman–Crippen MR) is 325 cm³/mol. The molecule has 2 unspecified atom stereocenters. The van der Waals surface area contributed by atoms with Crippen molar-refractivity contribution in [3.63, 3.8) is 0 Å². The van der Waals surface area contributed by atoms with Crippen LogP contribution in [0.2, 0.25) is 25.7 Å². The normalized spacial score (nSPS) is 22.7. The lowest BCUT2D eigenvalue weighted by molar-refractivity contribution is -0.154. The van der Waals surface area contributed by atoms with E-state index in [-0.39, 0.29) is 42.5 Å². The van der Waals surface area contributed by atoms with Gasteiger partial charge in [-0.2, -0.15) is 0 Å². The SMILES string of the molecule is C/C=C(\C)[C@H]1OC(=O)C(C)NC(=O)[C@H](C(C)CC)NC(=O)CN(C)C(=O)[C@@H](Cc2ccc(OC(=O)NCCCOCCOCCOCCCNC(=O)OCC[Si](C)(C)C)cc2)N(C)C(=O)[C@H](C)NC(=O)[C@@H](CC(C)C)OC(=O)/C(C)=C/CC[C@@H]1C. The van der Waals surface area contributed by atoms with Crippen LogP contribution in [0, 0.1) is 17.8 Å². The largest absolute Gasteiger partial charge is 0.456 e. The monoisotopic (exact) mass is 1220 g/mol. The Balaban J connectivity index is 2.17. The van der Waals surface area contributed by atoms with Gasteiger partial charge in [-0.05, 0) is 114 Å². The van der Waals surface area contributed by atoms with E-state index in [1.165, 1.54) is 45.0 Å². The molecule has 480 valence electrons. The molecule has 1 aromatic carbocycles. The first-order valence-electron chi connectivity index (χ1n) is 29.9. The van der Waals surface area contributed by atoms with E-state index in [9.17, 15) is 43.2 Å². The summed E-state index contributed by atoms with van der Waals surface area (Å²) < 4.78 is 39.1. The molecule has 0 bridgehead atoms. The lowest BCUT2D eigenvalue weighted by Crippen LogP contribution is -2.57. The second-order valence-corrected chi connectivity index (χ2v) is 29.1. The van der Waals surface area contributed by atoms with Gasteiger partial charge in [0.25, 0.3) is 5.91 Å². The van der Waals surface area contributed by atoms with Gasteiger partial charge in [-0.25, -0.2) is 19.2 Å². The van der Waals surface area contributed by atoms with E-state index in [0.717, 1.165) is 16.5 Å². The smallest absolute Gasteiger partial charge is 0.412 e. The van der Waals surface area contributed by atoms with E-state index in [2.05, 4.69) is 46.2 Å². The maximum atomic E-state index is 14.6. The lowest BCUT2D eigenvalue weighted by Gasteiger charge is -2.33. The molecule has 0 saturated carbocycles. The van der Waals surface area contributed by atoms with Crippen LogP contribution < -0.4 is 31.3 Å². The average Bonchev–Trinajstić information content (AvgIpc) is 3.54. The maximum absolute atomic E-state index is 14.6. The van der Waals surface area contributed by atoms with Crippen LogP contribution in [0.5, 0.6) is 5.75 Å². The van der Waals surface area contributed by atoms with Crippen molar-refractivity contribution in [2.45, 2.75) is 176 Å². The Hall–Kier alpha value is -6.37. The number of carbonyl (C=O) groups excluding carboxylic acids is 9. The first-order valence-corrected chi connectivity index (χ1v) is 33.6. The molecule has 2 rings (SSSR count). The number of ether oxygens (including phenoxy) is 7. The first kappa shape index (κ1) is 74.7. The highest BCUT2D eigenvalue weighted by Gasteiger charge is 2.36. The van der Waals surface area contributed by atoms with Gasteiger partial charge in [-0.3, -0.25) is 24.0 Å². The Kier molecular flexibility index (Phi) is 34.6. The summed E-state index contributed by atoms with van der Waals surface area (Å²) in [6, 6.07) is 2.53. The molecule has 1 aliphatic heterocycles. The van der Waals surface area contributed by atoms with E-state index < -0.39 is 111 Å². The maximum Gasteiger partial charge on any atom is 0.412 e. The van der Waals surface area contributed by atoms with Crippen molar-refractivity contribution >= 4 is 61.7 Å². The number of esters is 2. The van der Waals surface area contributed by atoms with Crippen LogP contribution in [0.3, 0.4) is 0 Å². The van der Waals surface area contributed by atoms with Gasteiger partial charge in [0.1, 0.15) is 36.0 Å². The summed E-state index contributed by atoms with van der Waals surface area (Å²) in [4.78, 5) is 124. The summed E-state index contributed by atoms with van der Waals surface area (Å²) in [7, 11) is 1.52. The quantitative estimate of drug-likeness (QED) is 0.0238. The Morgan fingerprint density at radius 2 is 1.35 bits per heavy atom. The second kappa shape index (κ2) is 39.3. The number of amides is 7. The first-order chi connectivity index (χ1) is 40.1. The highest BCUT2D eigenvalue weighted by molar-refractivity contribution is 6.76. The van der Waals surface area contributed by atoms with Crippen molar-refractivity contribution in [2.75, 3.05) is 80.0 Å². The Morgan fingerprint density at radius 1 is 0.776 bits per heavy atom. The molecule has 0 aromatic heterocycles. The minimum Gasteiger partial charge on any atom is -0.456 e. The molecule has 1 aliphatic rings. The minimum atomic E-state index is -1.26. The molecule has 0 radical (unpaired) electrons. The van der Waals surface area contributed by atoms with Crippen LogP contribution in [0.25, 0.3) is 0 Å². The molecule has 0 aliphatic carbocycles. The van der Waals surface area contributed by atoms with Gasteiger partial charge in [0.05, 0.1) is 39.6 Å². The predicted octanol–water partition coefficient (Wildman–Crippen LogP) is 6.25. The number of alkyl carbamates (subject to hydrolysis) is 1. The van der Waals surface area contributed by atoms with Crippen LogP contribution in [0.1, 0.15) is 113 Å². The molecule has 8 atom stereocenters. The Morgan fingerprint density at radius 3 is 1.92 bits per heavy atom. The van der Waals surface area contributed by atoms with E-state index in [0.29, 0.717) is 90.5 Å². The topological polar surface area (TPSA) is 285 Å². The van der Waals surface area contributed by atoms with Crippen LogP contribution in [0.15, 0.2) is 47.6 Å². The molecule has 85 heavy (non-hydrogen) atoms. The number of cyclic esters (lactones) is 2. The number of carbonyl (C=O) groups is 9. The lowest BCUT2D eigenvalue weighted by atomic mass is 9.93. The molecular formula is C61H101N7O16Si. The van der Waals surface area contributed by atoms with Crippen LogP contribution >= 0.6 is 0 Å². The summed E-state index contributed by atoms with van der Waals surface area (Å²) in [6.45, 7) is 27.1. The van der Waals surface area contributed by atoms with Gasteiger partial charge in [-0.15, -0.1) is 0 Å². The van der Waals surface area contributed by atoms with Gasteiger partial charge >= 0.3 is 24.1 Å². The zero-order valence-electron chi connectivity index (χ0n) is 53.3. The number of benzene rings is 1. The highest BCUT2D eigenvalue weighted by Crippen LogP contribution is 2.24. The summed E-state index contributed by atoms with van der Waals surface area (Å²) in [5.41, 5.74) is 1.58. The molecule has 5 N–H and O–H groups in total. The fraction of sp³-hybridized carbons (Fsp3) is 0.689. The number of nitrogens with zero attached hydrogens (tertiary/aromatic N) is 2. The molecule has 0 spiro atoms. The summed E-state index contributed by atoms with van der Waals surface area (Å²) in [6.07, 6.45) is 3.07. The van der Waals surface area contributed by atoms with Crippen molar-refractivity contribution in [1.29, 1.82) is 0 Å². The third-order valence-corrected chi connectivity index (χ3v) is 16.0. The standard InChI is InChI=1S/C61H101N7O16Si/c1-16-41(5)52-55(71)65-46(10)59(75)84-53(42(6)17-2)43(7)21-18-22-44(8)58(74)83-50(37-40(3)4)54(70)64-45(9)56(72)68(12)49(57(73)67(11)39-51(69)66-52)38-47-23-25-48(26-24-47)82-61(77)63-28-20-30-79-32-34-80-33-31-78-29-19-27-62-60(76)81-35-36-85(13,14)15/h17,22-26,40-41,43,45-46,49-50,52-53H,16,18-21,27-39H2,1-15H3,(H,62,76)(H,63,77)(H,64,70)(H,65,71)(H,66,69)/b42-17+,44-22+/t41?,43-,45-,46?,49+,50+,52-,53+/m0/s1. The van der Waals surface area contributed by atoms with Gasteiger partial charge in [0.2, 0.25) is 23.6 Å². The Labute approximate surface area is 505 Å². The molecule has 0 fully saturated rings. The minimum absolute atomic E-state index is 0.0883. The van der Waals surface area contributed by atoms with Crippen LogP contribution in [-0.4, -0.2) is 188 Å². The molecule has 1 heterocycles. The summed E-state index contributed by atoms with van der Waals surface area (Å²) in [5.74, 6) is -5.28. The number of hydrogen-bond acceptors (Lipinski definition) is 16. The fourth-order valence-corrected chi connectivity index (χ4v) is 9.30. The molecule has 0 saturated heterocycles. The molecule has 1 aromatic rings. The second-order valence-electron chi connectivity index (χ2n) is 23.5. The summed E-state index contributed by atoms with van der Waals surface area (Å²) >= 11 is 0. The number of rotatable bonds is 25.